The molecule has 13 heavy (non-hydrogen) atoms. The highest BCUT2D eigenvalue weighted by Gasteiger charge is 2.21. The van der Waals surface area contributed by atoms with Crippen LogP contribution in [0.1, 0.15) is 13.8 Å². The van der Waals surface area contributed by atoms with E-state index >= 15 is 0 Å². The van der Waals surface area contributed by atoms with Crippen LogP contribution in [0.4, 0.5) is 9.59 Å². The van der Waals surface area contributed by atoms with Crippen LogP contribution in [0, 0.1) is 5.41 Å². The zero-order valence-electron chi connectivity index (χ0n) is 7.70. The average molecular weight is 190 g/mol. The van der Waals surface area contributed by atoms with Gasteiger partial charge in [0.05, 0.1) is 0 Å². The molecule has 0 aromatic rings. The normalized spacial score (nSPS) is 10.6. The third kappa shape index (κ3) is 6.92. The monoisotopic (exact) mass is 190 g/mol. The Kier molecular flexibility index (Phi) is 4.03. The predicted octanol–water partition coefficient (Wildman–Crippen LogP) is 0.203. The minimum absolute atomic E-state index is 0.0790. The molecule has 0 aliphatic rings. The molecule has 0 spiro atoms. The summed E-state index contributed by atoms with van der Waals surface area (Å²) in [5, 5.41) is 0. The minimum atomic E-state index is -0.854. The van der Waals surface area contributed by atoms with Gasteiger partial charge >= 0.3 is 12.2 Å². The van der Waals surface area contributed by atoms with Gasteiger partial charge in [-0.2, -0.15) is 0 Å². The van der Waals surface area contributed by atoms with E-state index in [9.17, 15) is 9.59 Å². The molecular weight excluding hydrogens is 176 g/mol. The van der Waals surface area contributed by atoms with Crippen LogP contribution in [0.15, 0.2) is 0 Å². The van der Waals surface area contributed by atoms with E-state index in [-0.39, 0.29) is 13.2 Å². The highest BCUT2D eigenvalue weighted by Crippen LogP contribution is 2.15. The van der Waals surface area contributed by atoms with Gasteiger partial charge in [-0.25, -0.2) is 9.59 Å². The molecule has 0 aliphatic heterocycles. The molecular formula is C7H14N2O4. The number of hydrogen-bond donors (Lipinski definition) is 2. The van der Waals surface area contributed by atoms with Crippen molar-refractivity contribution in [1.29, 1.82) is 0 Å². The summed E-state index contributed by atoms with van der Waals surface area (Å²) in [6.07, 6.45) is -1.71. The van der Waals surface area contributed by atoms with Gasteiger partial charge in [-0.05, 0) is 0 Å². The summed E-state index contributed by atoms with van der Waals surface area (Å²) in [7, 11) is 0. The molecule has 6 heteroatoms. The SMILES string of the molecule is CC(C)(COC(N)=O)COC(N)=O. The first kappa shape index (κ1) is 11.5. The van der Waals surface area contributed by atoms with Crippen molar-refractivity contribution in [3.05, 3.63) is 0 Å². The van der Waals surface area contributed by atoms with Crippen LogP contribution in [-0.4, -0.2) is 25.4 Å². The molecule has 0 aromatic carbocycles. The van der Waals surface area contributed by atoms with Gasteiger partial charge in [0, 0.05) is 5.41 Å². The number of primary amides is 2. The lowest BCUT2D eigenvalue weighted by atomic mass is 9.96. The summed E-state index contributed by atoms with van der Waals surface area (Å²) < 4.78 is 9.09. The van der Waals surface area contributed by atoms with Crippen molar-refractivity contribution in [3.63, 3.8) is 0 Å². The predicted molar refractivity (Wildman–Crippen MR) is 44.9 cm³/mol. The van der Waals surface area contributed by atoms with Crippen molar-refractivity contribution < 1.29 is 19.1 Å². The highest BCUT2D eigenvalue weighted by atomic mass is 16.6. The van der Waals surface area contributed by atoms with Crippen LogP contribution in [-0.2, 0) is 9.47 Å². The van der Waals surface area contributed by atoms with E-state index in [1.54, 1.807) is 13.8 Å². The second kappa shape index (κ2) is 4.54. The Labute approximate surface area is 76.2 Å². The molecule has 0 heterocycles. The average Bonchev–Trinajstić information content (AvgIpc) is 1.98. The van der Waals surface area contributed by atoms with Crippen LogP contribution in [0.3, 0.4) is 0 Å². The van der Waals surface area contributed by atoms with Crippen molar-refractivity contribution in [3.8, 4) is 0 Å². The Morgan fingerprint density at radius 1 is 1.08 bits per heavy atom. The molecule has 76 valence electrons. The molecule has 0 unspecified atom stereocenters. The summed E-state index contributed by atoms with van der Waals surface area (Å²) in [5.41, 5.74) is 9.04. The fraction of sp³-hybridized carbons (Fsp3) is 0.714. The van der Waals surface area contributed by atoms with Crippen molar-refractivity contribution >= 4 is 12.2 Å². The fourth-order valence-corrected chi connectivity index (χ4v) is 0.575. The van der Waals surface area contributed by atoms with Crippen LogP contribution >= 0.6 is 0 Å². The fourth-order valence-electron chi connectivity index (χ4n) is 0.575. The smallest absolute Gasteiger partial charge is 0.404 e. The number of hydrogen-bond acceptors (Lipinski definition) is 4. The number of carbonyl (C=O) groups excluding carboxylic acids is 2. The second-order valence-corrected chi connectivity index (χ2v) is 3.38. The van der Waals surface area contributed by atoms with E-state index in [0.29, 0.717) is 0 Å². The standard InChI is InChI=1S/C7H14N2O4/c1-7(2,3-12-5(8)10)4-13-6(9)11/h3-4H2,1-2H3,(H2,8,10)(H2,9,11). The van der Waals surface area contributed by atoms with Gasteiger partial charge in [-0.3, -0.25) is 0 Å². The van der Waals surface area contributed by atoms with E-state index in [1.165, 1.54) is 0 Å². The van der Waals surface area contributed by atoms with Crippen molar-refractivity contribution in [1.82, 2.24) is 0 Å². The zero-order valence-corrected chi connectivity index (χ0v) is 7.70. The molecule has 0 radical (unpaired) electrons. The molecule has 0 saturated heterocycles. The molecule has 0 rings (SSSR count). The van der Waals surface area contributed by atoms with Gasteiger partial charge in [0.15, 0.2) is 0 Å². The highest BCUT2D eigenvalue weighted by molar-refractivity contribution is 5.65. The Morgan fingerprint density at radius 2 is 1.38 bits per heavy atom. The maximum absolute atomic E-state index is 10.3. The van der Waals surface area contributed by atoms with Crippen LogP contribution in [0.5, 0.6) is 0 Å². The van der Waals surface area contributed by atoms with Gasteiger partial charge in [0.1, 0.15) is 13.2 Å². The Balaban J connectivity index is 3.79. The summed E-state index contributed by atoms with van der Waals surface area (Å²) in [5.74, 6) is 0. The number of nitrogens with two attached hydrogens (primary N) is 2. The number of ether oxygens (including phenoxy) is 2. The number of amides is 2. The van der Waals surface area contributed by atoms with Crippen LogP contribution < -0.4 is 11.5 Å². The van der Waals surface area contributed by atoms with E-state index < -0.39 is 17.6 Å². The second-order valence-electron chi connectivity index (χ2n) is 3.38. The lowest BCUT2D eigenvalue weighted by Crippen LogP contribution is -2.31. The van der Waals surface area contributed by atoms with Crippen molar-refractivity contribution in [2.45, 2.75) is 13.8 Å². The molecule has 0 fully saturated rings. The third-order valence-electron chi connectivity index (χ3n) is 1.21. The molecule has 0 aliphatic carbocycles. The summed E-state index contributed by atoms with van der Waals surface area (Å²) in [4.78, 5) is 20.5. The molecule has 0 atom stereocenters. The van der Waals surface area contributed by atoms with Gasteiger partial charge in [0.25, 0.3) is 0 Å². The molecule has 0 saturated carbocycles. The first-order valence-electron chi connectivity index (χ1n) is 3.68. The molecule has 0 bridgehead atoms. The first-order chi connectivity index (χ1) is 5.83. The van der Waals surface area contributed by atoms with Crippen molar-refractivity contribution in [2.75, 3.05) is 13.2 Å². The summed E-state index contributed by atoms with van der Waals surface area (Å²) in [6, 6.07) is 0. The van der Waals surface area contributed by atoms with E-state index in [2.05, 4.69) is 9.47 Å². The van der Waals surface area contributed by atoms with Gasteiger partial charge in [-0.15, -0.1) is 0 Å². The first-order valence-corrected chi connectivity index (χ1v) is 3.68. The molecule has 0 aromatic heterocycles. The third-order valence-corrected chi connectivity index (χ3v) is 1.21. The van der Waals surface area contributed by atoms with Gasteiger partial charge in [0.2, 0.25) is 0 Å². The lowest BCUT2D eigenvalue weighted by molar-refractivity contribution is 0.0530. The van der Waals surface area contributed by atoms with Crippen LogP contribution in [0.2, 0.25) is 0 Å². The van der Waals surface area contributed by atoms with E-state index in [4.69, 9.17) is 11.5 Å². The van der Waals surface area contributed by atoms with E-state index in [1.807, 2.05) is 0 Å². The topological polar surface area (TPSA) is 105 Å². The van der Waals surface area contributed by atoms with Gasteiger partial charge < -0.3 is 20.9 Å². The van der Waals surface area contributed by atoms with Crippen LogP contribution in [0.25, 0.3) is 0 Å². The summed E-state index contributed by atoms with van der Waals surface area (Å²) in [6.45, 7) is 3.66. The zero-order chi connectivity index (χ0) is 10.5. The molecule has 4 N–H and O–H groups in total. The Morgan fingerprint density at radius 3 is 1.62 bits per heavy atom. The molecule has 2 amide bonds. The quantitative estimate of drug-likeness (QED) is 0.660. The van der Waals surface area contributed by atoms with Gasteiger partial charge in [-0.1, -0.05) is 13.8 Å². The van der Waals surface area contributed by atoms with E-state index in [0.717, 1.165) is 0 Å². The minimum Gasteiger partial charge on any atom is -0.449 e. The number of rotatable bonds is 4. The molecule has 6 nitrogen and oxygen atoms in total. The lowest BCUT2D eigenvalue weighted by Gasteiger charge is -2.22. The maximum atomic E-state index is 10.3. The maximum Gasteiger partial charge on any atom is 0.404 e. The number of carbonyl (C=O) groups is 2. The summed E-state index contributed by atoms with van der Waals surface area (Å²) >= 11 is 0. The Hall–Kier alpha value is -1.46. The largest absolute Gasteiger partial charge is 0.449 e. The van der Waals surface area contributed by atoms with Crippen molar-refractivity contribution in [2.24, 2.45) is 16.9 Å². The Bertz CT molecular complexity index is 183.